The molecule has 0 aliphatic heterocycles. The first-order valence-corrected chi connectivity index (χ1v) is 5.36. The predicted octanol–water partition coefficient (Wildman–Crippen LogP) is 3.16. The molecule has 1 aromatic carbocycles. The molecule has 0 heterocycles. The molecular formula is C12H13F3O2. The second-order valence-corrected chi connectivity index (χ2v) is 4.27. The zero-order chi connectivity index (χ0) is 12.6. The van der Waals surface area contributed by atoms with Gasteiger partial charge in [-0.2, -0.15) is 13.2 Å². The summed E-state index contributed by atoms with van der Waals surface area (Å²) in [7, 11) is 1.31. The Kier molecular flexibility index (Phi) is 3.03. The Morgan fingerprint density at radius 2 is 1.94 bits per heavy atom. The van der Waals surface area contributed by atoms with E-state index in [0.717, 1.165) is 25.0 Å². The highest BCUT2D eigenvalue weighted by Gasteiger charge is 2.35. The third-order valence-electron chi connectivity index (χ3n) is 2.90. The molecule has 1 unspecified atom stereocenters. The molecular weight excluding hydrogens is 233 g/mol. The molecule has 1 aromatic rings. The zero-order valence-electron chi connectivity index (χ0n) is 9.29. The zero-order valence-corrected chi connectivity index (χ0v) is 9.29. The lowest BCUT2D eigenvalue weighted by Crippen LogP contribution is -2.08. The van der Waals surface area contributed by atoms with Crippen molar-refractivity contribution in [1.29, 1.82) is 0 Å². The van der Waals surface area contributed by atoms with E-state index in [-0.39, 0.29) is 17.2 Å². The lowest BCUT2D eigenvalue weighted by Gasteiger charge is -2.15. The van der Waals surface area contributed by atoms with Crippen molar-refractivity contribution in [1.82, 2.24) is 0 Å². The van der Waals surface area contributed by atoms with Crippen LogP contribution in [0.3, 0.4) is 0 Å². The molecule has 1 atom stereocenters. The number of ether oxygens (including phenoxy) is 1. The summed E-state index contributed by atoms with van der Waals surface area (Å²) < 4.78 is 42.7. The standard InChI is InChI=1S/C12H13F3O2/c1-17-10-5-8(11(16)7-2-3-7)4-9(6-10)12(13,14)15/h4-7,11,16H,2-3H2,1H3. The van der Waals surface area contributed by atoms with E-state index in [1.807, 2.05) is 0 Å². The van der Waals surface area contributed by atoms with Crippen molar-refractivity contribution in [2.75, 3.05) is 7.11 Å². The summed E-state index contributed by atoms with van der Waals surface area (Å²) >= 11 is 0. The lowest BCUT2D eigenvalue weighted by atomic mass is 10.0. The summed E-state index contributed by atoms with van der Waals surface area (Å²) in [6.45, 7) is 0. The first-order valence-electron chi connectivity index (χ1n) is 5.36. The van der Waals surface area contributed by atoms with Gasteiger partial charge in [0.1, 0.15) is 5.75 Å². The lowest BCUT2D eigenvalue weighted by molar-refractivity contribution is -0.137. The average Bonchev–Trinajstić information content (AvgIpc) is 3.10. The molecule has 1 N–H and O–H groups in total. The van der Waals surface area contributed by atoms with Gasteiger partial charge in [0.25, 0.3) is 0 Å². The molecule has 2 nitrogen and oxygen atoms in total. The predicted molar refractivity (Wildman–Crippen MR) is 55.7 cm³/mol. The van der Waals surface area contributed by atoms with E-state index in [9.17, 15) is 18.3 Å². The highest BCUT2D eigenvalue weighted by atomic mass is 19.4. The summed E-state index contributed by atoms with van der Waals surface area (Å²) in [5.74, 6) is 0.206. The Morgan fingerprint density at radius 1 is 1.29 bits per heavy atom. The number of aliphatic hydroxyl groups is 1. The minimum absolute atomic E-state index is 0.0863. The van der Waals surface area contributed by atoms with Gasteiger partial charge in [-0.15, -0.1) is 0 Å². The van der Waals surface area contributed by atoms with E-state index < -0.39 is 17.8 Å². The van der Waals surface area contributed by atoms with E-state index in [1.54, 1.807) is 0 Å². The van der Waals surface area contributed by atoms with Gasteiger partial charge in [0, 0.05) is 0 Å². The van der Waals surface area contributed by atoms with E-state index in [2.05, 4.69) is 0 Å². The fourth-order valence-corrected chi connectivity index (χ4v) is 1.76. The Morgan fingerprint density at radius 3 is 2.41 bits per heavy atom. The molecule has 0 bridgehead atoms. The minimum atomic E-state index is -4.42. The van der Waals surface area contributed by atoms with Crippen LogP contribution in [-0.2, 0) is 6.18 Å². The molecule has 0 amide bonds. The molecule has 1 saturated carbocycles. The van der Waals surface area contributed by atoms with Crippen molar-refractivity contribution in [2.24, 2.45) is 5.92 Å². The maximum absolute atomic E-state index is 12.6. The van der Waals surface area contributed by atoms with E-state index in [1.165, 1.54) is 13.2 Å². The van der Waals surface area contributed by atoms with Crippen molar-refractivity contribution in [2.45, 2.75) is 25.1 Å². The van der Waals surface area contributed by atoms with Crippen LogP contribution in [0.1, 0.15) is 30.1 Å². The topological polar surface area (TPSA) is 29.5 Å². The molecule has 5 heteroatoms. The van der Waals surface area contributed by atoms with Gasteiger partial charge in [-0.1, -0.05) is 0 Å². The van der Waals surface area contributed by atoms with Gasteiger partial charge in [-0.3, -0.25) is 0 Å². The van der Waals surface area contributed by atoms with Crippen LogP contribution in [0.2, 0.25) is 0 Å². The van der Waals surface area contributed by atoms with Crippen LogP contribution in [0.25, 0.3) is 0 Å². The number of methoxy groups -OCH3 is 1. The third-order valence-corrected chi connectivity index (χ3v) is 2.90. The quantitative estimate of drug-likeness (QED) is 0.887. The average molecular weight is 246 g/mol. The Bertz CT molecular complexity index is 411. The summed E-state index contributed by atoms with van der Waals surface area (Å²) in [6, 6.07) is 3.38. The fourth-order valence-electron chi connectivity index (χ4n) is 1.76. The Balaban J connectivity index is 2.37. The summed E-state index contributed by atoms with van der Waals surface area (Å²) in [5.41, 5.74) is -0.509. The van der Waals surface area contributed by atoms with Crippen molar-refractivity contribution in [3.8, 4) is 5.75 Å². The van der Waals surface area contributed by atoms with Gasteiger partial charge in [-0.05, 0) is 42.5 Å². The summed E-state index contributed by atoms with van der Waals surface area (Å²) in [5, 5.41) is 9.85. The maximum Gasteiger partial charge on any atom is 0.416 e. The molecule has 1 aliphatic carbocycles. The molecule has 1 fully saturated rings. The van der Waals surface area contributed by atoms with Crippen molar-refractivity contribution in [3.05, 3.63) is 29.3 Å². The van der Waals surface area contributed by atoms with Crippen LogP contribution < -0.4 is 4.74 Å². The van der Waals surface area contributed by atoms with Crippen molar-refractivity contribution < 1.29 is 23.0 Å². The highest BCUT2D eigenvalue weighted by molar-refractivity contribution is 5.37. The van der Waals surface area contributed by atoms with E-state index in [0.29, 0.717) is 0 Å². The molecule has 0 saturated heterocycles. The van der Waals surface area contributed by atoms with Gasteiger partial charge in [0.2, 0.25) is 0 Å². The molecule has 1 aliphatic rings. The Labute approximate surface area is 97.0 Å². The van der Waals surface area contributed by atoms with E-state index >= 15 is 0 Å². The number of aliphatic hydroxyl groups excluding tert-OH is 1. The first kappa shape index (κ1) is 12.2. The molecule has 2 rings (SSSR count). The highest BCUT2D eigenvalue weighted by Crippen LogP contribution is 2.43. The smallest absolute Gasteiger partial charge is 0.416 e. The number of alkyl halides is 3. The summed E-state index contributed by atoms with van der Waals surface area (Å²) in [6.07, 6.45) is -3.53. The van der Waals surface area contributed by atoms with Crippen LogP contribution in [0.15, 0.2) is 18.2 Å². The van der Waals surface area contributed by atoms with Crippen LogP contribution in [0.5, 0.6) is 5.75 Å². The number of hydrogen-bond donors (Lipinski definition) is 1. The molecule has 0 aromatic heterocycles. The molecule has 17 heavy (non-hydrogen) atoms. The van der Waals surface area contributed by atoms with Crippen LogP contribution in [-0.4, -0.2) is 12.2 Å². The van der Waals surface area contributed by atoms with Gasteiger partial charge in [0.15, 0.2) is 0 Å². The minimum Gasteiger partial charge on any atom is -0.497 e. The second-order valence-electron chi connectivity index (χ2n) is 4.27. The van der Waals surface area contributed by atoms with Gasteiger partial charge in [0.05, 0.1) is 18.8 Å². The second kappa shape index (κ2) is 4.22. The fraction of sp³-hybridized carbons (Fsp3) is 0.500. The molecule has 0 radical (unpaired) electrons. The van der Waals surface area contributed by atoms with Crippen LogP contribution in [0.4, 0.5) is 13.2 Å². The maximum atomic E-state index is 12.6. The van der Waals surface area contributed by atoms with Crippen LogP contribution >= 0.6 is 0 Å². The third kappa shape index (κ3) is 2.72. The molecule has 0 spiro atoms. The number of halogens is 3. The summed E-state index contributed by atoms with van der Waals surface area (Å²) in [4.78, 5) is 0. The Hall–Kier alpha value is -1.23. The van der Waals surface area contributed by atoms with Gasteiger partial charge in [-0.25, -0.2) is 0 Å². The van der Waals surface area contributed by atoms with Gasteiger partial charge >= 0.3 is 6.18 Å². The molecule has 94 valence electrons. The van der Waals surface area contributed by atoms with Crippen molar-refractivity contribution in [3.63, 3.8) is 0 Å². The normalized spacial score (nSPS) is 17.9. The number of benzene rings is 1. The largest absolute Gasteiger partial charge is 0.497 e. The van der Waals surface area contributed by atoms with Gasteiger partial charge < -0.3 is 9.84 Å². The number of hydrogen-bond acceptors (Lipinski definition) is 2. The monoisotopic (exact) mass is 246 g/mol. The van der Waals surface area contributed by atoms with E-state index in [4.69, 9.17) is 4.74 Å². The first-order chi connectivity index (χ1) is 7.91. The SMILES string of the molecule is COc1cc(C(O)C2CC2)cc(C(F)(F)F)c1. The van der Waals surface area contributed by atoms with Crippen molar-refractivity contribution >= 4 is 0 Å². The van der Waals surface area contributed by atoms with Crippen LogP contribution in [0, 0.1) is 5.92 Å². The number of rotatable bonds is 3.